The lowest BCUT2D eigenvalue weighted by Gasteiger charge is -2.30. The predicted molar refractivity (Wildman–Crippen MR) is 195 cm³/mol. The first-order valence-electron chi connectivity index (χ1n) is 17.8. The molecule has 6 rings (SSSR count). The molecule has 18 heteroatoms. The number of allylic oxidation sites excluding steroid dienone is 1. The monoisotopic (exact) mass is 807 g/mol. The number of thiophene rings is 1. The van der Waals surface area contributed by atoms with Crippen molar-refractivity contribution in [2.24, 2.45) is 5.92 Å². The van der Waals surface area contributed by atoms with Crippen LogP contribution >= 0.6 is 22.9 Å². The topological polar surface area (TPSA) is 181 Å². The molecular formula is C36H43ClFN5O9S2. The molecule has 292 valence electrons. The molecule has 0 radical (unpaired) electrons. The number of carbonyl (C=O) groups excluding carboxylic acids is 5. The molecule has 14 nitrogen and oxygen atoms in total. The van der Waals surface area contributed by atoms with E-state index in [1.165, 1.54) is 27.3 Å². The molecule has 3 aliphatic heterocycles. The number of fused-ring (bicyclic) bond motifs is 3. The molecule has 0 spiro atoms. The second-order valence-electron chi connectivity index (χ2n) is 15.0. The molecular weight excluding hydrogens is 765 g/mol. The van der Waals surface area contributed by atoms with Crippen molar-refractivity contribution in [3.05, 3.63) is 63.8 Å². The van der Waals surface area contributed by atoms with Gasteiger partial charge < -0.3 is 25.0 Å². The van der Waals surface area contributed by atoms with Crippen LogP contribution in [0.4, 0.5) is 14.0 Å². The second-order valence-corrected chi connectivity index (χ2v) is 18.3. The number of sulfonamides is 1. The summed E-state index contributed by atoms with van der Waals surface area (Å²) in [4.78, 5) is 71.2. The van der Waals surface area contributed by atoms with Crippen LogP contribution in [0.3, 0.4) is 0 Å². The summed E-state index contributed by atoms with van der Waals surface area (Å²) >= 11 is 6.77. The third kappa shape index (κ3) is 8.84. The first kappa shape index (κ1) is 39.5. The molecule has 5 atom stereocenters. The van der Waals surface area contributed by atoms with E-state index in [-0.39, 0.29) is 48.1 Å². The van der Waals surface area contributed by atoms with E-state index < -0.39 is 81.0 Å². The van der Waals surface area contributed by atoms with Gasteiger partial charge >= 0.3 is 12.2 Å². The van der Waals surface area contributed by atoms with Crippen molar-refractivity contribution in [3.8, 4) is 0 Å². The molecule has 3 N–H and O–H groups in total. The van der Waals surface area contributed by atoms with E-state index in [0.29, 0.717) is 30.4 Å². The van der Waals surface area contributed by atoms with E-state index in [9.17, 15) is 36.8 Å². The SMILES string of the molecule is CC(C)(C)OC(=O)N[C@H]1CCCCC/C=C\[C@H]2C[C@@]2(C(=O)NS(=O)(=O)c2cc(Cl)cs2)NC(=O)[C@@H]2C[C@@H](OC(=O)N3Cc4cccc(F)c4C3)CN2C1=O. The maximum absolute atomic E-state index is 14.4. The highest BCUT2D eigenvalue weighted by Gasteiger charge is 2.62. The number of rotatable bonds is 5. The number of nitrogens with zero attached hydrogens (tertiary/aromatic N) is 2. The van der Waals surface area contributed by atoms with Crippen molar-refractivity contribution in [3.63, 3.8) is 0 Å². The van der Waals surface area contributed by atoms with Crippen LogP contribution in [0.1, 0.15) is 76.8 Å². The van der Waals surface area contributed by atoms with Crippen molar-refractivity contribution < 1.29 is 46.3 Å². The lowest BCUT2D eigenvalue weighted by molar-refractivity contribution is -0.141. The van der Waals surface area contributed by atoms with Crippen molar-refractivity contribution in [1.29, 1.82) is 0 Å². The van der Waals surface area contributed by atoms with Crippen LogP contribution in [-0.2, 0) is 47.0 Å². The minimum atomic E-state index is -4.34. The Morgan fingerprint density at radius 1 is 1.13 bits per heavy atom. The molecule has 1 saturated heterocycles. The number of benzene rings is 1. The number of hydrogen-bond acceptors (Lipinski definition) is 10. The van der Waals surface area contributed by atoms with Gasteiger partial charge in [0.15, 0.2) is 0 Å². The molecule has 4 aliphatic rings. The standard InChI is InChI=1S/C36H43ClFN5O9S2/c1-35(2,3)52-33(47)39-27-13-8-6-4-5-7-11-22-16-36(22,32(46)41-54(49,50)29-14-23(37)20-53-29)40-30(44)28-15-24(18-43(28)31(27)45)51-34(48)42-17-21-10-9-12-26(38)25(21)19-42/h7,9-12,14,20,22,24,27-28H,4-6,8,13,15-19H2,1-3H3,(H,39,47)(H,40,44)(H,41,46)/b11-7-/t22-,24+,27-,28-,36+/m0/s1. The van der Waals surface area contributed by atoms with Crippen molar-refractivity contribution >= 4 is 62.9 Å². The maximum Gasteiger partial charge on any atom is 0.410 e. The summed E-state index contributed by atoms with van der Waals surface area (Å²) in [5.41, 5.74) is -1.51. The van der Waals surface area contributed by atoms with Gasteiger partial charge in [0.2, 0.25) is 11.8 Å². The average Bonchev–Trinajstić information content (AvgIpc) is 3.46. The number of ether oxygens (including phenoxy) is 2. The predicted octanol–water partition coefficient (Wildman–Crippen LogP) is 4.76. The van der Waals surface area contributed by atoms with Gasteiger partial charge in [-0.05, 0) is 64.2 Å². The summed E-state index contributed by atoms with van der Waals surface area (Å²) in [7, 11) is -4.34. The fraction of sp³-hybridized carbons (Fsp3) is 0.528. The highest BCUT2D eigenvalue weighted by Crippen LogP contribution is 2.46. The zero-order valence-corrected chi connectivity index (χ0v) is 32.5. The molecule has 1 aromatic heterocycles. The lowest BCUT2D eigenvalue weighted by atomic mass is 10.0. The van der Waals surface area contributed by atoms with Gasteiger partial charge in [0.05, 0.1) is 18.1 Å². The third-order valence-electron chi connectivity index (χ3n) is 9.82. The summed E-state index contributed by atoms with van der Waals surface area (Å²) in [6, 6.07) is 3.40. The summed E-state index contributed by atoms with van der Waals surface area (Å²) < 4.78 is 53.9. The first-order chi connectivity index (χ1) is 25.5. The fourth-order valence-corrected chi connectivity index (χ4v) is 9.49. The van der Waals surface area contributed by atoms with Crippen LogP contribution in [0.5, 0.6) is 0 Å². The number of hydrogen-bond donors (Lipinski definition) is 3. The quantitative estimate of drug-likeness (QED) is 0.359. The smallest absolute Gasteiger partial charge is 0.410 e. The number of alkyl carbamates (subject to hydrolysis) is 1. The van der Waals surface area contributed by atoms with Gasteiger partial charge in [-0.15, -0.1) is 11.3 Å². The number of carbonyl (C=O) groups is 5. The maximum atomic E-state index is 14.4. The molecule has 1 aliphatic carbocycles. The highest BCUT2D eigenvalue weighted by molar-refractivity contribution is 7.92. The van der Waals surface area contributed by atoms with Crippen LogP contribution < -0.4 is 15.4 Å². The first-order valence-corrected chi connectivity index (χ1v) is 20.5. The Labute approximate surface area is 321 Å². The Bertz CT molecular complexity index is 1970. The van der Waals surface area contributed by atoms with Crippen molar-refractivity contribution in [2.45, 2.75) is 112 Å². The molecule has 54 heavy (non-hydrogen) atoms. The molecule has 1 saturated carbocycles. The van der Waals surface area contributed by atoms with Crippen molar-refractivity contribution in [1.82, 2.24) is 25.2 Å². The summed E-state index contributed by atoms with van der Waals surface area (Å²) in [6.45, 7) is 4.92. The van der Waals surface area contributed by atoms with Crippen LogP contribution in [0.15, 0.2) is 46.0 Å². The lowest BCUT2D eigenvalue weighted by Crippen LogP contribution is -2.58. The summed E-state index contributed by atoms with van der Waals surface area (Å²) in [5.74, 6) is -3.34. The van der Waals surface area contributed by atoms with E-state index in [2.05, 4.69) is 15.4 Å². The third-order valence-corrected chi connectivity index (χ3v) is 12.9. The summed E-state index contributed by atoms with van der Waals surface area (Å²) in [5, 5.41) is 7.01. The normalized spacial score (nSPS) is 26.6. The van der Waals surface area contributed by atoms with Gasteiger partial charge in [0.1, 0.15) is 39.4 Å². The minimum Gasteiger partial charge on any atom is -0.444 e. The van der Waals surface area contributed by atoms with Gasteiger partial charge in [-0.1, -0.05) is 48.7 Å². The molecule has 0 bridgehead atoms. The van der Waals surface area contributed by atoms with E-state index in [1.54, 1.807) is 39.0 Å². The van der Waals surface area contributed by atoms with Crippen LogP contribution in [0.2, 0.25) is 5.02 Å². The Kier molecular flexibility index (Phi) is 11.3. The molecule has 0 unspecified atom stereocenters. The number of halogens is 2. The Morgan fingerprint density at radius 3 is 2.61 bits per heavy atom. The van der Waals surface area contributed by atoms with Crippen LogP contribution in [0.25, 0.3) is 0 Å². The van der Waals surface area contributed by atoms with Gasteiger partial charge in [0, 0.05) is 29.8 Å². The van der Waals surface area contributed by atoms with Crippen LogP contribution in [-0.4, -0.2) is 84.0 Å². The number of nitrogens with one attached hydrogen (secondary N) is 3. The Morgan fingerprint density at radius 2 is 1.91 bits per heavy atom. The van der Waals surface area contributed by atoms with E-state index >= 15 is 0 Å². The molecule has 1 aromatic carbocycles. The summed E-state index contributed by atoms with van der Waals surface area (Å²) in [6.07, 6.45) is 3.83. The zero-order valence-electron chi connectivity index (χ0n) is 30.1. The van der Waals surface area contributed by atoms with Gasteiger partial charge in [0.25, 0.3) is 15.9 Å². The van der Waals surface area contributed by atoms with E-state index in [1.807, 2.05) is 6.08 Å². The second kappa shape index (κ2) is 15.5. The van der Waals surface area contributed by atoms with Crippen molar-refractivity contribution in [2.75, 3.05) is 6.54 Å². The molecule has 2 fully saturated rings. The molecule has 2 aromatic rings. The zero-order chi connectivity index (χ0) is 39.0. The molecule has 4 heterocycles. The van der Waals surface area contributed by atoms with Gasteiger partial charge in [-0.2, -0.15) is 0 Å². The van der Waals surface area contributed by atoms with Crippen LogP contribution in [0, 0.1) is 11.7 Å². The highest BCUT2D eigenvalue weighted by atomic mass is 35.5. The average molecular weight is 808 g/mol. The van der Waals surface area contributed by atoms with Gasteiger partial charge in [-0.25, -0.2) is 27.1 Å². The molecule has 5 amide bonds. The minimum absolute atomic E-state index is 0.0187. The van der Waals surface area contributed by atoms with E-state index in [0.717, 1.165) is 17.8 Å². The van der Waals surface area contributed by atoms with E-state index in [4.69, 9.17) is 21.1 Å². The largest absolute Gasteiger partial charge is 0.444 e. The number of amides is 5. The van der Waals surface area contributed by atoms with Gasteiger partial charge in [-0.3, -0.25) is 19.3 Å². The Balaban J connectivity index is 1.26. The Hall–Kier alpha value is -4.22. The fourth-order valence-electron chi connectivity index (χ4n) is 7.04.